The average molecular weight is 1820 g/mol. The molecule has 6 aliphatic carbocycles. The van der Waals surface area contributed by atoms with E-state index in [4.69, 9.17) is 77.3 Å². The van der Waals surface area contributed by atoms with Crippen LogP contribution in [0.1, 0.15) is 356 Å². The van der Waals surface area contributed by atoms with Crippen molar-refractivity contribution in [2.75, 3.05) is 91.2 Å². The SMILES string of the molecule is C.C=C(CO)C(=O)OCC(CCC1CCC(C2CCC(CCCCC)CC2)CC1)COC(=O)C(=C)CO.C=C(COC1CCCCO1)C(=O)OCC(CCC1CCC(C2CCC(CCCCC)CC2)CC1)COC(=O)C(=C)COC1CCCCO1.CC1CCCO1.CCCCCC1CCC(C2CCC(CCC(CO)CO)CC2)CC1.ClCCl.O.[3H][P+](P)=S. The van der Waals surface area contributed by atoms with Gasteiger partial charge in [0.15, 0.2) is 31.4 Å². The molecule has 0 spiro atoms. The zero-order chi connectivity index (χ0) is 88.2. The molecule has 5 atom stereocenters. The Hall–Kier alpha value is -2.03. The molecule has 5 unspecified atom stereocenters. The molecular formula is C99H179Cl2O18P2S+. The Morgan fingerprint density at radius 1 is 0.410 bits per heavy atom. The summed E-state index contributed by atoms with van der Waals surface area (Å²) in [5.74, 6) is 8.42. The lowest BCUT2D eigenvalue weighted by Crippen LogP contribution is -2.28. The van der Waals surface area contributed by atoms with Crippen molar-refractivity contribution in [2.24, 2.45) is 88.8 Å². The number of unbranched alkanes of at least 4 members (excludes halogenated alkanes) is 6. The second kappa shape index (κ2) is 73.6. The fraction of sp³-hybridized carbons (Fsp3) is 0.879. The maximum atomic E-state index is 12.8. The summed E-state index contributed by atoms with van der Waals surface area (Å²) in [6, 6.07) is 0. The summed E-state index contributed by atoms with van der Waals surface area (Å²) in [7, 11) is 2.20. The van der Waals surface area contributed by atoms with Crippen LogP contribution in [0, 0.1) is 88.8 Å². The van der Waals surface area contributed by atoms with Crippen LogP contribution >= 0.6 is 39.1 Å². The fourth-order valence-electron chi connectivity index (χ4n) is 20.1. The van der Waals surface area contributed by atoms with Gasteiger partial charge in [-0.2, -0.15) is 0 Å². The first-order chi connectivity index (χ1) is 58.6. The summed E-state index contributed by atoms with van der Waals surface area (Å²) in [6.07, 6.45) is 64.5. The molecule has 6 N–H and O–H groups in total. The van der Waals surface area contributed by atoms with E-state index in [-0.39, 0.29) is 124 Å². The highest BCUT2D eigenvalue weighted by Crippen LogP contribution is 2.47. The van der Waals surface area contributed by atoms with Crippen molar-refractivity contribution < 1.29 is 87.7 Å². The number of ether oxygens (including phenoxy) is 9. The smallest absolute Gasteiger partial charge is 0.355 e. The Labute approximate surface area is 762 Å². The van der Waals surface area contributed by atoms with Crippen LogP contribution in [0.4, 0.5) is 0 Å². The van der Waals surface area contributed by atoms with Crippen LogP contribution in [0.3, 0.4) is 0 Å². The minimum Gasteiger partial charge on any atom is -0.462 e. The number of alkyl halides is 2. The summed E-state index contributed by atoms with van der Waals surface area (Å²) < 4.78 is 56.2. The molecule has 3 aliphatic heterocycles. The van der Waals surface area contributed by atoms with Gasteiger partial charge in [0.1, 0.15) is 0 Å². The van der Waals surface area contributed by atoms with Gasteiger partial charge in [0.05, 0.1) is 95.5 Å². The molecule has 18 nitrogen and oxygen atoms in total. The molecule has 712 valence electrons. The van der Waals surface area contributed by atoms with Gasteiger partial charge >= 0.3 is 25.2 Å². The topological polar surface area (TPSA) is 264 Å². The lowest BCUT2D eigenvalue weighted by Gasteiger charge is -2.38. The van der Waals surface area contributed by atoms with Gasteiger partial charge in [-0.1, -0.05) is 215 Å². The van der Waals surface area contributed by atoms with Crippen molar-refractivity contribution in [1.82, 2.24) is 0 Å². The van der Waals surface area contributed by atoms with Gasteiger partial charge in [-0.05, 0) is 238 Å². The highest BCUT2D eigenvalue weighted by molar-refractivity contribution is 8.24. The zero-order valence-corrected chi connectivity index (χ0v) is 80.6. The van der Waals surface area contributed by atoms with Crippen LogP contribution in [-0.4, -0.2) is 161 Å². The normalized spacial score (nSPS) is 26.9. The van der Waals surface area contributed by atoms with Crippen molar-refractivity contribution in [2.45, 2.75) is 375 Å². The number of hydrogen-bond donors (Lipinski definition) is 4. The first-order valence-corrected chi connectivity index (χ1v) is 52.9. The maximum Gasteiger partial charge on any atom is 0.355 e. The number of aliphatic hydroxyl groups excluding tert-OH is 4. The molecule has 0 bridgehead atoms. The molecular weight excluding hydrogens is 1640 g/mol. The molecule has 0 aromatic rings. The first-order valence-electron chi connectivity index (χ1n) is 48.8. The number of hydrogen-bond acceptors (Lipinski definition) is 18. The highest BCUT2D eigenvalue weighted by atomic mass is 35.5. The van der Waals surface area contributed by atoms with Crippen molar-refractivity contribution in [3.8, 4) is 0 Å². The Bertz CT molecular complexity index is 2640. The third kappa shape index (κ3) is 51.5. The van der Waals surface area contributed by atoms with E-state index in [2.05, 4.69) is 74.7 Å². The molecule has 0 aromatic heterocycles. The van der Waals surface area contributed by atoms with Crippen LogP contribution in [0.2, 0.25) is 0 Å². The van der Waals surface area contributed by atoms with Gasteiger partial charge in [0, 0.05) is 50.8 Å². The molecule has 0 amide bonds. The third-order valence-electron chi connectivity index (χ3n) is 28.1. The van der Waals surface area contributed by atoms with E-state index in [1.165, 1.54) is 250 Å². The molecule has 23 heteroatoms. The number of halogens is 2. The predicted octanol–water partition coefficient (Wildman–Crippen LogP) is 23.5. The molecule has 3 heterocycles. The van der Waals surface area contributed by atoms with Gasteiger partial charge in [-0.3, -0.25) is 0 Å². The van der Waals surface area contributed by atoms with Crippen molar-refractivity contribution in [3.63, 3.8) is 0 Å². The second-order valence-corrected chi connectivity index (χ2v) is 40.8. The standard InChI is InChI=1S/C40H66O8.C30H50O6.C22H42O2.C5H10O.CH2Cl2.CH4.H2O.H2P2S/c1-4-5-6-11-32-16-20-35(21-17-32)36-22-18-33(19-23-36)14-15-34(28-47-39(41)30(2)26-45-37-12-7-9-24-43-37)29-48-40(42)31(3)27-46-38-13-8-10-25-44-38;1-4-5-6-7-24-10-14-27(15-11-24)28-16-12-25(13-17-28)8-9-26(20-35-29(33)22(2)18-31)21-36-30(34)23(3)19-32;1-2-3-4-5-18-8-12-21(13-9-18)22-14-10-19(11-15-22)6-7-20(16-23)17-24;1-5-3-2-4-6-5;2-1-3;;;1-2-3/h32-38H,2-29H2,1H3;24-28,31-32H,2-21H2,1H3;18-24H,2-17H2,1H3;5H,2-4H2,1H3;1H2;1H4;1H2;1H2/p+1/i/hT. The summed E-state index contributed by atoms with van der Waals surface area (Å²) in [5.41, 5.74) is 0.549. The van der Waals surface area contributed by atoms with Crippen molar-refractivity contribution >= 4 is 74.8 Å². The fourth-order valence-corrected chi connectivity index (χ4v) is 20.1. The molecule has 122 heavy (non-hydrogen) atoms. The molecule has 0 radical (unpaired) electrons. The van der Waals surface area contributed by atoms with E-state index < -0.39 is 44.1 Å². The monoisotopic (exact) mass is 1820 g/mol. The minimum absolute atomic E-state index is 0. The van der Waals surface area contributed by atoms with Crippen LogP contribution in [-0.2, 0) is 73.6 Å². The van der Waals surface area contributed by atoms with E-state index in [0.29, 0.717) is 31.2 Å². The number of esters is 4. The van der Waals surface area contributed by atoms with Crippen molar-refractivity contribution in [3.05, 3.63) is 48.6 Å². The third-order valence-corrected chi connectivity index (χ3v) is 28.1. The minimum atomic E-state index is -0.870. The summed E-state index contributed by atoms with van der Waals surface area (Å²) in [5, 5.41) is 36.7. The highest BCUT2D eigenvalue weighted by Gasteiger charge is 2.36. The lowest BCUT2D eigenvalue weighted by atomic mass is 9.68. The van der Waals surface area contributed by atoms with E-state index in [1.54, 1.807) is 0 Å². The molecule has 6 saturated carbocycles. The van der Waals surface area contributed by atoms with E-state index in [1.807, 2.05) is 0 Å². The molecule has 3 saturated heterocycles. The van der Waals surface area contributed by atoms with Crippen LogP contribution in [0.15, 0.2) is 48.6 Å². The number of carbonyl (C=O) groups excluding carboxylic acids is 4. The van der Waals surface area contributed by atoms with Crippen molar-refractivity contribution in [1.29, 1.82) is 1.28 Å². The van der Waals surface area contributed by atoms with Gasteiger partial charge in [0.2, 0.25) is 0 Å². The summed E-state index contributed by atoms with van der Waals surface area (Å²) >= 11 is 13.8. The first kappa shape index (κ1) is 114. The van der Waals surface area contributed by atoms with Crippen LogP contribution in [0.5, 0.6) is 0 Å². The van der Waals surface area contributed by atoms with Gasteiger partial charge in [-0.25, -0.2) is 19.2 Å². The number of aliphatic hydroxyl groups is 4. The predicted molar refractivity (Wildman–Crippen MR) is 508 cm³/mol. The van der Waals surface area contributed by atoms with Crippen LogP contribution < -0.4 is 0 Å². The Balaban J connectivity index is 0.000000600. The van der Waals surface area contributed by atoms with E-state index in [9.17, 15) is 29.4 Å². The summed E-state index contributed by atoms with van der Waals surface area (Å²) in [4.78, 5) is 49.4. The largest absolute Gasteiger partial charge is 0.462 e. The second-order valence-electron chi connectivity index (χ2n) is 37.2. The quantitative estimate of drug-likeness (QED) is 0.0110. The molecule has 9 rings (SSSR count). The molecule has 0 aromatic carbocycles. The van der Waals surface area contributed by atoms with Gasteiger partial charge < -0.3 is 68.5 Å². The Morgan fingerprint density at radius 3 is 0.877 bits per heavy atom. The zero-order valence-electron chi connectivity index (χ0n) is 77.3. The number of carbonyl (C=O) groups is 4. The van der Waals surface area contributed by atoms with E-state index in [0.717, 1.165) is 136 Å². The van der Waals surface area contributed by atoms with E-state index >= 15 is 0 Å². The van der Waals surface area contributed by atoms with Gasteiger partial charge in [0.25, 0.3) is 0 Å². The van der Waals surface area contributed by atoms with Crippen LogP contribution in [0.25, 0.3) is 0 Å². The van der Waals surface area contributed by atoms with Gasteiger partial charge in [-0.15, -0.1) is 23.2 Å². The Kier molecular flexibility index (Phi) is 68.9. The Morgan fingerprint density at radius 2 is 0.664 bits per heavy atom. The maximum absolute atomic E-state index is 12.8. The molecule has 9 aliphatic rings. The average Bonchev–Trinajstić information content (AvgIpc) is 1.09. The molecule has 9 fully saturated rings. The summed E-state index contributed by atoms with van der Waals surface area (Å²) in [6.45, 7) is 25.3. The lowest BCUT2D eigenvalue weighted by molar-refractivity contribution is -0.161. The number of rotatable bonds is 46.